The molecule has 0 spiro atoms. The van der Waals surface area contributed by atoms with Gasteiger partial charge in [-0.3, -0.25) is 0 Å². The SMILES string of the molecule is CCCNCCCNCC1CCC(n2cc(C3=CCN(C)CC3)c3c(N)ncnc32)C1. The van der Waals surface area contributed by atoms with E-state index in [0.29, 0.717) is 11.9 Å². The lowest BCUT2D eigenvalue weighted by atomic mass is 10.00. The van der Waals surface area contributed by atoms with E-state index < -0.39 is 0 Å². The van der Waals surface area contributed by atoms with Crippen LogP contribution < -0.4 is 16.4 Å². The highest BCUT2D eigenvalue weighted by molar-refractivity contribution is 5.97. The minimum absolute atomic E-state index is 0.496. The summed E-state index contributed by atoms with van der Waals surface area (Å²) in [6.07, 6.45) is 13.4. The fraction of sp³-hybridized carbons (Fsp3) is 0.667. The molecule has 0 bridgehead atoms. The monoisotopic (exact) mass is 425 g/mol. The van der Waals surface area contributed by atoms with Crippen molar-refractivity contribution in [2.24, 2.45) is 5.92 Å². The van der Waals surface area contributed by atoms with Gasteiger partial charge in [0.15, 0.2) is 0 Å². The second-order valence-electron chi connectivity index (χ2n) is 9.29. The summed E-state index contributed by atoms with van der Waals surface area (Å²) in [6, 6.07) is 0.496. The summed E-state index contributed by atoms with van der Waals surface area (Å²) >= 11 is 0. The molecule has 2 atom stereocenters. The van der Waals surface area contributed by atoms with Crippen LogP contribution in [0.25, 0.3) is 16.6 Å². The normalized spacial score (nSPS) is 22.3. The predicted octanol–water partition coefficient (Wildman–Crippen LogP) is 3.05. The van der Waals surface area contributed by atoms with E-state index in [9.17, 15) is 0 Å². The molecule has 4 N–H and O–H groups in total. The molecule has 0 saturated heterocycles. The van der Waals surface area contributed by atoms with Crippen LogP contribution in [0.4, 0.5) is 5.82 Å². The Morgan fingerprint density at radius 1 is 1.16 bits per heavy atom. The molecule has 2 aromatic rings. The second kappa shape index (κ2) is 10.6. The number of nitrogens with zero attached hydrogens (tertiary/aromatic N) is 4. The zero-order chi connectivity index (χ0) is 21.6. The quantitative estimate of drug-likeness (QED) is 0.508. The van der Waals surface area contributed by atoms with Crippen molar-refractivity contribution in [3.63, 3.8) is 0 Å². The molecule has 3 heterocycles. The van der Waals surface area contributed by atoms with Gasteiger partial charge in [-0.2, -0.15) is 0 Å². The number of hydrogen-bond acceptors (Lipinski definition) is 6. The van der Waals surface area contributed by atoms with Crippen LogP contribution in [0.3, 0.4) is 0 Å². The number of rotatable bonds is 10. The maximum atomic E-state index is 6.34. The minimum atomic E-state index is 0.496. The minimum Gasteiger partial charge on any atom is -0.383 e. The number of nitrogens with two attached hydrogens (primary N) is 1. The molecule has 31 heavy (non-hydrogen) atoms. The molecule has 2 aliphatic rings. The lowest BCUT2D eigenvalue weighted by Crippen LogP contribution is -2.26. The number of aromatic nitrogens is 3. The van der Waals surface area contributed by atoms with Gasteiger partial charge in [0.05, 0.1) is 5.39 Å². The van der Waals surface area contributed by atoms with Gasteiger partial charge in [0.2, 0.25) is 0 Å². The van der Waals surface area contributed by atoms with Crippen LogP contribution in [0, 0.1) is 5.92 Å². The highest BCUT2D eigenvalue weighted by Crippen LogP contribution is 2.40. The van der Waals surface area contributed by atoms with Gasteiger partial charge in [-0.1, -0.05) is 13.0 Å². The first-order valence-corrected chi connectivity index (χ1v) is 12.1. The summed E-state index contributed by atoms with van der Waals surface area (Å²) in [7, 11) is 2.17. The maximum Gasteiger partial charge on any atom is 0.146 e. The summed E-state index contributed by atoms with van der Waals surface area (Å²) in [6.45, 7) is 8.73. The molecule has 170 valence electrons. The molecular formula is C24H39N7. The Bertz CT molecular complexity index is 887. The lowest BCUT2D eigenvalue weighted by Gasteiger charge is -2.21. The van der Waals surface area contributed by atoms with E-state index >= 15 is 0 Å². The van der Waals surface area contributed by atoms with Crippen molar-refractivity contribution in [2.75, 3.05) is 52.0 Å². The van der Waals surface area contributed by atoms with Crippen molar-refractivity contribution in [1.29, 1.82) is 0 Å². The summed E-state index contributed by atoms with van der Waals surface area (Å²) in [5, 5.41) is 8.19. The first kappa shape index (κ1) is 22.2. The van der Waals surface area contributed by atoms with E-state index in [-0.39, 0.29) is 0 Å². The molecular weight excluding hydrogens is 386 g/mol. The Hall–Kier alpha value is -1.96. The van der Waals surface area contributed by atoms with Crippen LogP contribution in [0.15, 0.2) is 18.6 Å². The molecule has 2 unspecified atom stereocenters. The Kier molecular flexibility index (Phi) is 7.58. The number of fused-ring (bicyclic) bond motifs is 1. The van der Waals surface area contributed by atoms with Crippen molar-refractivity contribution in [3.8, 4) is 0 Å². The molecule has 2 aromatic heterocycles. The third-order valence-corrected chi connectivity index (χ3v) is 6.87. The average molecular weight is 426 g/mol. The van der Waals surface area contributed by atoms with E-state index in [1.165, 1.54) is 43.2 Å². The standard InChI is InChI=1S/C24H39N7/c1-3-9-26-10-4-11-27-15-18-5-6-20(14-18)31-16-21(19-7-12-30(2)13-8-19)22-23(25)28-17-29-24(22)31/h7,16-18,20,26-27H,3-6,8-15H2,1-2H3,(H2,25,28,29). The molecule has 1 saturated carbocycles. The molecule has 1 aliphatic carbocycles. The number of nitrogens with one attached hydrogen (secondary N) is 2. The maximum absolute atomic E-state index is 6.34. The summed E-state index contributed by atoms with van der Waals surface area (Å²) in [4.78, 5) is 11.3. The molecule has 4 rings (SSSR count). The summed E-state index contributed by atoms with van der Waals surface area (Å²) in [5.74, 6) is 1.34. The molecule has 0 radical (unpaired) electrons. The Morgan fingerprint density at radius 2 is 2.03 bits per heavy atom. The van der Waals surface area contributed by atoms with Gasteiger partial charge < -0.3 is 25.8 Å². The van der Waals surface area contributed by atoms with Crippen LogP contribution in [0.2, 0.25) is 0 Å². The van der Waals surface area contributed by atoms with Gasteiger partial charge in [0.1, 0.15) is 17.8 Å². The van der Waals surface area contributed by atoms with E-state index in [1.807, 2.05) is 0 Å². The van der Waals surface area contributed by atoms with Crippen LogP contribution in [0.1, 0.15) is 57.1 Å². The molecule has 7 nitrogen and oxygen atoms in total. The van der Waals surface area contributed by atoms with E-state index in [4.69, 9.17) is 5.73 Å². The molecule has 0 amide bonds. The van der Waals surface area contributed by atoms with Crippen molar-refractivity contribution >= 4 is 22.4 Å². The zero-order valence-electron chi connectivity index (χ0n) is 19.2. The van der Waals surface area contributed by atoms with Crippen molar-refractivity contribution < 1.29 is 0 Å². The zero-order valence-corrected chi connectivity index (χ0v) is 19.2. The predicted molar refractivity (Wildman–Crippen MR) is 129 cm³/mol. The first-order valence-electron chi connectivity index (χ1n) is 12.1. The largest absolute Gasteiger partial charge is 0.383 e. The highest BCUT2D eigenvalue weighted by Gasteiger charge is 2.29. The van der Waals surface area contributed by atoms with Crippen molar-refractivity contribution in [3.05, 3.63) is 24.2 Å². The first-order chi connectivity index (χ1) is 15.2. The fourth-order valence-electron chi connectivity index (χ4n) is 5.08. The van der Waals surface area contributed by atoms with Crippen LogP contribution >= 0.6 is 0 Å². The van der Waals surface area contributed by atoms with Gasteiger partial charge >= 0.3 is 0 Å². The summed E-state index contributed by atoms with van der Waals surface area (Å²) in [5.41, 5.74) is 9.96. The second-order valence-corrected chi connectivity index (χ2v) is 9.29. The molecule has 1 aliphatic heterocycles. The molecule has 1 fully saturated rings. The van der Waals surface area contributed by atoms with Crippen molar-refractivity contribution in [1.82, 2.24) is 30.1 Å². The fourth-order valence-corrected chi connectivity index (χ4v) is 5.08. The van der Waals surface area contributed by atoms with Gasteiger partial charge in [-0.25, -0.2) is 9.97 Å². The summed E-state index contributed by atoms with van der Waals surface area (Å²) < 4.78 is 2.40. The average Bonchev–Trinajstić information content (AvgIpc) is 3.39. The van der Waals surface area contributed by atoms with Gasteiger partial charge in [-0.15, -0.1) is 0 Å². The number of hydrogen-bond donors (Lipinski definition) is 3. The van der Waals surface area contributed by atoms with E-state index in [0.717, 1.165) is 62.6 Å². The topological polar surface area (TPSA) is 84.0 Å². The molecule has 7 heteroatoms. The Morgan fingerprint density at radius 3 is 2.84 bits per heavy atom. The number of likely N-dealkylation sites (N-methyl/N-ethyl adjacent to an activating group) is 1. The third kappa shape index (κ3) is 5.27. The van der Waals surface area contributed by atoms with Crippen LogP contribution in [-0.4, -0.2) is 65.8 Å². The number of anilines is 1. The van der Waals surface area contributed by atoms with Crippen LogP contribution in [0.5, 0.6) is 0 Å². The smallest absolute Gasteiger partial charge is 0.146 e. The van der Waals surface area contributed by atoms with Crippen LogP contribution in [-0.2, 0) is 0 Å². The van der Waals surface area contributed by atoms with Gasteiger partial charge in [-0.05, 0) is 83.2 Å². The Labute approximate surface area is 186 Å². The molecule has 0 aromatic carbocycles. The Balaban J connectivity index is 1.41. The highest BCUT2D eigenvalue weighted by atomic mass is 15.1. The van der Waals surface area contributed by atoms with E-state index in [2.05, 4.69) is 56.3 Å². The van der Waals surface area contributed by atoms with Gasteiger partial charge in [0, 0.05) is 30.9 Å². The number of nitrogen functional groups attached to an aromatic ring is 1. The van der Waals surface area contributed by atoms with Gasteiger partial charge in [0.25, 0.3) is 0 Å². The van der Waals surface area contributed by atoms with E-state index in [1.54, 1.807) is 6.33 Å². The third-order valence-electron chi connectivity index (χ3n) is 6.87. The lowest BCUT2D eigenvalue weighted by molar-refractivity contribution is 0.370. The van der Waals surface area contributed by atoms with Crippen molar-refractivity contribution in [2.45, 2.75) is 51.5 Å².